The first kappa shape index (κ1) is 26.5. The van der Waals surface area contributed by atoms with E-state index in [0.717, 1.165) is 30.6 Å². The third kappa shape index (κ3) is 6.61. The van der Waals surface area contributed by atoms with Gasteiger partial charge in [0.05, 0.1) is 18.2 Å². The number of benzene rings is 2. The highest BCUT2D eigenvalue weighted by Crippen LogP contribution is 2.40. The molecule has 0 radical (unpaired) electrons. The maximum absolute atomic E-state index is 14.9. The molecule has 0 aliphatic heterocycles. The summed E-state index contributed by atoms with van der Waals surface area (Å²) in [6, 6.07) is 4.94. The minimum Gasteiger partial charge on any atom is -0.492 e. The number of hydrogen-bond donors (Lipinski definition) is 0. The summed E-state index contributed by atoms with van der Waals surface area (Å²) in [6.45, 7) is 4.96. The Bertz CT molecular complexity index is 963. The molecule has 2 aliphatic rings. The summed E-state index contributed by atoms with van der Waals surface area (Å²) in [5, 5.41) is 0.654. The van der Waals surface area contributed by atoms with Crippen molar-refractivity contribution in [1.29, 1.82) is 0 Å². The number of hydrogen-bond acceptors (Lipinski definition) is 2. The van der Waals surface area contributed by atoms with Crippen LogP contribution in [0.3, 0.4) is 0 Å². The average molecular weight is 507 g/mol. The molecule has 2 fully saturated rings. The highest BCUT2D eigenvalue weighted by Gasteiger charge is 2.26. The highest BCUT2D eigenvalue weighted by atomic mass is 35.5. The molecule has 5 heteroatoms. The largest absolute Gasteiger partial charge is 0.492 e. The van der Waals surface area contributed by atoms with Crippen molar-refractivity contribution in [3.8, 4) is 11.5 Å². The maximum Gasteiger partial charge on any atom is 0.201 e. The van der Waals surface area contributed by atoms with Crippen LogP contribution < -0.4 is 9.47 Å². The summed E-state index contributed by atoms with van der Waals surface area (Å²) in [6.07, 6.45) is 15.9. The Balaban J connectivity index is 1.25. The molecule has 0 aromatic heterocycles. The number of halogens is 3. The summed E-state index contributed by atoms with van der Waals surface area (Å²) >= 11 is 6.28. The molecule has 0 atom stereocenters. The lowest BCUT2D eigenvalue weighted by molar-refractivity contribution is 0.165. The van der Waals surface area contributed by atoms with Gasteiger partial charge in [0, 0.05) is 5.39 Å². The van der Waals surface area contributed by atoms with E-state index in [4.69, 9.17) is 21.1 Å². The molecule has 0 N–H and O–H groups in total. The van der Waals surface area contributed by atoms with Gasteiger partial charge in [-0.1, -0.05) is 88.8 Å². The molecule has 0 unspecified atom stereocenters. The van der Waals surface area contributed by atoms with Gasteiger partial charge < -0.3 is 9.47 Å². The Labute approximate surface area is 214 Å². The number of rotatable bonds is 10. The Hall–Kier alpha value is -1.55. The Morgan fingerprint density at radius 3 is 1.89 bits per heavy atom. The predicted molar refractivity (Wildman–Crippen MR) is 141 cm³/mol. The van der Waals surface area contributed by atoms with Gasteiger partial charge in [0.15, 0.2) is 11.6 Å². The summed E-state index contributed by atoms with van der Waals surface area (Å²) < 4.78 is 40.9. The van der Waals surface area contributed by atoms with Crippen LogP contribution in [0.25, 0.3) is 10.8 Å². The second kappa shape index (κ2) is 12.6. The van der Waals surface area contributed by atoms with Crippen molar-refractivity contribution in [3.05, 3.63) is 34.9 Å². The number of ether oxygens (including phenoxy) is 2. The van der Waals surface area contributed by atoms with Crippen LogP contribution in [0.15, 0.2) is 18.2 Å². The lowest BCUT2D eigenvalue weighted by Gasteiger charge is -2.32. The first-order valence-electron chi connectivity index (χ1n) is 13.9. The molecule has 2 nitrogen and oxygen atoms in total. The van der Waals surface area contributed by atoms with Crippen LogP contribution >= 0.6 is 11.6 Å². The fourth-order valence-electron chi connectivity index (χ4n) is 6.29. The van der Waals surface area contributed by atoms with E-state index < -0.39 is 11.6 Å². The molecule has 2 saturated carbocycles. The van der Waals surface area contributed by atoms with E-state index >= 15 is 0 Å². The fourth-order valence-corrected chi connectivity index (χ4v) is 6.60. The van der Waals surface area contributed by atoms with Crippen LogP contribution in [0.5, 0.6) is 11.5 Å². The van der Waals surface area contributed by atoms with Crippen molar-refractivity contribution < 1.29 is 18.3 Å². The lowest BCUT2D eigenvalue weighted by Crippen LogP contribution is -2.21. The maximum atomic E-state index is 14.9. The smallest absolute Gasteiger partial charge is 0.201 e. The first-order valence-corrected chi connectivity index (χ1v) is 14.2. The van der Waals surface area contributed by atoms with E-state index in [2.05, 4.69) is 6.92 Å². The minimum absolute atomic E-state index is 0.0315. The molecular formula is C30H41ClF2O2. The van der Waals surface area contributed by atoms with E-state index in [1.54, 1.807) is 18.2 Å². The molecule has 2 aliphatic carbocycles. The minimum atomic E-state index is -0.976. The van der Waals surface area contributed by atoms with Gasteiger partial charge in [-0.2, -0.15) is 4.39 Å². The molecular weight excluding hydrogens is 466 g/mol. The molecule has 0 heterocycles. The van der Waals surface area contributed by atoms with Gasteiger partial charge in [-0.15, -0.1) is 0 Å². The van der Waals surface area contributed by atoms with E-state index in [9.17, 15) is 8.78 Å². The van der Waals surface area contributed by atoms with Gasteiger partial charge in [-0.25, -0.2) is 4.39 Å². The molecule has 2 aromatic carbocycles. The first-order chi connectivity index (χ1) is 17.0. The number of fused-ring (bicyclic) bond motifs is 1. The van der Waals surface area contributed by atoms with Crippen LogP contribution in [0.4, 0.5) is 8.78 Å². The molecule has 0 bridgehead atoms. The average Bonchev–Trinajstić information content (AvgIpc) is 2.87. The van der Waals surface area contributed by atoms with Crippen molar-refractivity contribution in [2.75, 3.05) is 13.2 Å². The highest BCUT2D eigenvalue weighted by molar-refractivity contribution is 6.37. The standard InChI is InChI=1S/C30H41ClF2O2/c1-3-5-20-6-8-21(9-7-20)10-11-22-12-14-23(15-13-22)19-35-26-18-24-16-17-25(34-4-2)28(31)27(24)30(33)29(26)32/h16-18,20-23H,3-15,19H2,1-2H3. The molecule has 0 amide bonds. The monoisotopic (exact) mass is 506 g/mol. The SMILES string of the molecule is CCCC1CCC(CCC2CCC(COc3cc4ccc(OCC)c(Cl)c4c(F)c3F)CC2)CC1. The zero-order valence-corrected chi connectivity index (χ0v) is 22.1. The molecule has 35 heavy (non-hydrogen) atoms. The topological polar surface area (TPSA) is 18.5 Å². The lowest BCUT2D eigenvalue weighted by atomic mass is 9.75. The van der Waals surface area contributed by atoms with Gasteiger partial charge in [0.25, 0.3) is 0 Å². The van der Waals surface area contributed by atoms with Crippen molar-refractivity contribution in [1.82, 2.24) is 0 Å². The van der Waals surface area contributed by atoms with Crippen LogP contribution in [0.1, 0.15) is 90.9 Å². The molecule has 194 valence electrons. The molecule has 4 rings (SSSR count). The van der Waals surface area contributed by atoms with Gasteiger partial charge >= 0.3 is 0 Å². The zero-order chi connectivity index (χ0) is 24.8. The Morgan fingerprint density at radius 2 is 1.31 bits per heavy atom. The zero-order valence-electron chi connectivity index (χ0n) is 21.4. The van der Waals surface area contributed by atoms with Crippen LogP contribution in [-0.2, 0) is 0 Å². The summed E-state index contributed by atoms with van der Waals surface area (Å²) in [5.41, 5.74) is 0. The van der Waals surface area contributed by atoms with E-state index in [-0.39, 0.29) is 16.2 Å². The Morgan fingerprint density at radius 1 is 0.743 bits per heavy atom. The second-order valence-corrected chi connectivity index (χ2v) is 11.2. The molecule has 2 aromatic rings. The predicted octanol–water partition coefficient (Wildman–Crippen LogP) is 9.74. The van der Waals surface area contributed by atoms with Crippen LogP contribution in [-0.4, -0.2) is 13.2 Å². The van der Waals surface area contributed by atoms with Crippen LogP contribution in [0.2, 0.25) is 5.02 Å². The second-order valence-electron chi connectivity index (χ2n) is 10.9. The van der Waals surface area contributed by atoms with E-state index in [1.165, 1.54) is 64.2 Å². The van der Waals surface area contributed by atoms with Gasteiger partial charge in [0.1, 0.15) is 5.75 Å². The van der Waals surface area contributed by atoms with Crippen LogP contribution in [0, 0.1) is 35.3 Å². The third-order valence-corrected chi connectivity index (χ3v) is 8.82. The molecule has 0 spiro atoms. The quantitative estimate of drug-likeness (QED) is 0.319. The van der Waals surface area contributed by atoms with Crippen molar-refractivity contribution in [3.63, 3.8) is 0 Å². The van der Waals surface area contributed by atoms with Crippen molar-refractivity contribution in [2.24, 2.45) is 23.7 Å². The van der Waals surface area contributed by atoms with Crippen molar-refractivity contribution in [2.45, 2.75) is 90.9 Å². The van der Waals surface area contributed by atoms with Gasteiger partial charge in [0.2, 0.25) is 5.82 Å². The van der Waals surface area contributed by atoms with E-state index in [0.29, 0.717) is 30.3 Å². The fraction of sp³-hybridized carbons (Fsp3) is 0.667. The van der Waals surface area contributed by atoms with Gasteiger partial charge in [-0.05, 0) is 61.0 Å². The normalized spacial score (nSPS) is 25.1. The van der Waals surface area contributed by atoms with E-state index in [1.807, 2.05) is 6.92 Å². The van der Waals surface area contributed by atoms with Crippen molar-refractivity contribution >= 4 is 22.4 Å². The molecule has 0 saturated heterocycles. The third-order valence-electron chi connectivity index (χ3n) is 8.44. The summed E-state index contributed by atoms with van der Waals surface area (Å²) in [4.78, 5) is 0. The Kier molecular flexibility index (Phi) is 9.55. The summed E-state index contributed by atoms with van der Waals surface area (Å²) in [7, 11) is 0. The van der Waals surface area contributed by atoms with Gasteiger partial charge in [-0.3, -0.25) is 0 Å². The summed E-state index contributed by atoms with van der Waals surface area (Å²) in [5.74, 6) is 1.51.